The van der Waals surface area contributed by atoms with Crippen LogP contribution in [0.15, 0.2) is 0 Å². The normalized spacial score (nSPS) is 18.9. The smallest absolute Gasteiger partial charge is 0.0621 e. The summed E-state index contributed by atoms with van der Waals surface area (Å²) in [5.41, 5.74) is 0. The highest BCUT2D eigenvalue weighted by Gasteiger charge is 2.14. The van der Waals surface area contributed by atoms with Gasteiger partial charge < -0.3 is 14.2 Å². The van der Waals surface area contributed by atoms with E-state index in [0.29, 0.717) is 12.5 Å². The van der Waals surface area contributed by atoms with Crippen molar-refractivity contribution in [3.05, 3.63) is 0 Å². The summed E-state index contributed by atoms with van der Waals surface area (Å²) in [6.45, 7) is 4.01. The Morgan fingerprint density at radius 2 is 1.83 bits per heavy atom. The lowest BCUT2D eigenvalue weighted by molar-refractivity contribution is 0.0473. The summed E-state index contributed by atoms with van der Waals surface area (Å²) < 4.78 is 16.5. The molecule has 1 aliphatic rings. The van der Waals surface area contributed by atoms with E-state index >= 15 is 0 Å². The largest absolute Gasteiger partial charge is 0.381 e. The lowest BCUT2D eigenvalue weighted by Gasteiger charge is -2.09. The van der Waals surface area contributed by atoms with Gasteiger partial charge in [0.2, 0.25) is 0 Å². The Hall–Kier alpha value is -0.630. The van der Waals surface area contributed by atoms with Crippen LogP contribution in [0.5, 0.6) is 0 Å². The maximum atomic E-state index is 8.35. The average molecular weight is 255 g/mol. The highest BCUT2D eigenvalue weighted by molar-refractivity contribution is 4.67. The van der Waals surface area contributed by atoms with E-state index in [0.717, 1.165) is 58.7 Å². The second kappa shape index (κ2) is 11.5. The number of hydrogen-bond acceptors (Lipinski definition) is 4. The maximum Gasteiger partial charge on any atom is 0.0621 e. The van der Waals surface area contributed by atoms with Crippen molar-refractivity contribution in [1.29, 1.82) is 5.26 Å². The first-order valence-electron chi connectivity index (χ1n) is 7.07. The Balaban J connectivity index is 1.69. The molecule has 0 bridgehead atoms. The van der Waals surface area contributed by atoms with Crippen LogP contribution >= 0.6 is 0 Å². The molecule has 1 saturated heterocycles. The molecule has 0 amide bonds. The Kier molecular flexibility index (Phi) is 9.82. The lowest BCUT2D eigenvalue weighted by Crippen LogP contribution is -2.10. The number of nitrogens with zero attached hydrogens (tertiary/aromatic N) is 1. The van der Waals surface area contributed by atoms with Crippen LogP contribution in [-0.2, 0) is 14.2 Å². The first kappa shape index (κ1) is 15.4. The molecule has 1 unspecified atom stereocenters. The molecule has 0 N–H and O–H groups in total. The van der Waals surface area contributed by atoms with Crippen LogP contribution in [0.4, 0.5) is 0 Å². The van der Waals surface area contributed by atoms with Gasteiger partial charge in [-0.05, 0) is 38.5 Å². The summed E-state index contributed by atoms with van der Waals surface area (Å²) in [5, 5.41) is 8.35. The van der Waals surface area contributed by atoms with Crippen molar-refractivity contribution in [1.82, 2.24) is 0 Å². The molecule has 1 heterocycles. The first-order valence-corrected chi connectivity index (χ1v) is 7.07. The molecule has 1 atom stereocenters. The molecule has 0 saturated carbocycles. The Morgan fingerprint density at radius 3 is 2.56 bits per heavy atom. The van der Waals surface area contributed by atoms with E-state index in [9.17, 15) is 0 Å². The summed E-state index contributed by atoms with van der Waals surface area (Å²) in [7, 11) is 0. The minimum absolute atomic E-state index is 0.432. The summed E-state index contributed by atoms with van der Waals surface area (Å²) in [5.74, 6) is 0. The predicted molar refractivity (Wildman–Crippen MR) is 69.3 cm³/mol. The van der Waals surface area contributed by atoms with E-state index in [1.807, 2.05) is 0 Å². The first-order chi connectivity index (χ1) is 8.93. The molecular formula is C14H25NO3. The number of hydrogen-bond donors (Lipinski definition) is 0. The fourth-order valence-electron chi connectivity index (χ4n) is 1.96. The third-order valence-corrected chi connectivity index (χ3v) is 3.01. The van der Waals surface area contributed by atoms with Crippen molar-refractivity contribution in [3.8, 4) is 6.07 Å². The van der Waals surface area contributed by atoms with Gasteiger partial charge in [0, 0.05) is 39.5 Å². The molecular weight excluding hydrogens is 230 g/mol. The van der Waals surface area contributed by atoms with E-state index < -0.39 is 0 Å². The van der Waals surface area contributed by atoms with Crippen molar-refractivity contribution in [2.75, 3.05) is 33.0 Å². The van der Waals surface area contributed by atoms with Crippen LogP contribution in [0.2, 0.25) is 0 Å². The zero-order valence-corrected chi connectivity index (χ0v) is 11.2. The second-order valence-electron chi connectivity index (χ2n) is 4.62. The zero-order chi connectivity index (χ0) is 12.9. The monoisotopic (exact) mass is 255 g/mol. The molecule has 0 aromatic rings. The molecule has 104 valence electrons. The van der Waals surface area contributed by atoms with E-state index in [2.05, 4.69) is 6.07 Å². The summed E-state index contributed by atoms with van der Waals surface area (Å²) >= 11 is 0. The molecule has 18 heavy (non-hydrogen) atoms. The van der Waals surface area contributed by atoms with Gasteiger partial charge in [-0.2, -0.15) is 5.26 Å². The molecule has 0 aliphatic carbocycles. The van der Waals surface area contributed by atoms with Gasteiger partial charge in [-0.25, -0.2) is 0 Å². The van der Waals surface area contributed by atoms with Gasteiger partial charge in [-0.15, -0.1) is 0 Å². The fraction of sp³-hybridized carbons (Fsp3) is 0.929. The lowest BCUT2D eigenvalue weighted by atomic mass is 10.2. The maximum absolute atomic E-state index is 8.35. The average Bonchev–Trinajstić information content (AvgIpc) is 2.89. The summed E-state index contributed by atoms with van der Waals surface area (Å²) in [4.78, 5) is 0. The van der Waals surface area contributed by atoms with Crippen molar-refractivity contribution in [2.45, 2.75) is 51.0 Å². The van der Waals surface area contributed by atoms with Crippen molar-refractivity contribution in [2.24, 2.45) is 0 Å². The molecule has 0 radical (unpaired) electrons. The Morgan fingerprint density at radius 1 is 1.06 bits per heavy atom. The van der Waals surface area contributed by atoms with Crippen LogP contribution in [0.3, 0.4) is 0 Å². The van der Waals surface area contributed by atoms with Crippen LogP contribution in [-0.4, -0.2) is 39.1 Å². The number of rotatable bonds is 11. The zero-order valence-electron chi connectivity index (χ0n) is 11.2. The predicted octanol–water partition coefficient (Wildman–Crippen LogP) is 2.67. The minimum atomic E-state index is 0.432. The van der Waals surface area contributed by atoms with Crippen LogP contribution in [0, 0.1) is 11.3 Å². The number of nitriles is 1. The third-order valence-electron chi connectivity index (χ3n) is 3.01. The molecule has 1 fully saturated rings. The van der Waals surface area contributed by atoms with Gasteiger partial charge >= 0.3 is 0 Å². The number of ether oxygens (including phenoxy) is 3. The van der Waals surface area contributed by atoms with E-state index in [4.69, 9.17) is 19.5 Å². The molecule has 0 aromatic heterocycles. The van der Waals surface area contributed by atoms with E-state index in [1.54, 1.807) is 0 Å². The van der Waals surface area contributed by atoms with Crippen LogP contribution in [0.25, 0.3) is 0 Å². The van der Waals surface area contributed by atoms with Crippen LogP contribution in [0.1, 0.15) is 44.9 Å². The molecule has 0 aromatic carbocycles. The van der Waals surface area contributed by atoms with E-state index in [1.165, 1.54) is 12.8 Å². The van der Waals surface area contributed by atoms with Gasteiger partial charge in [-0.3, -0.25) is 0 Å². The third kappa shape index (κ3) is 8.46. The fourth-order valence-corrected chi connectivity index (χ4v) is 1.96. The van der Waals surface area contributed by atoms with E-state index in [-0.39, 0.29) is 0 Å². The summed E-state index contributed by atoms with van der Waals surface area (Å²) in [6, 6.07) is 2.13. The van der Waals surface area contributed by atoms with Gasteiger partial charge in [-0.1, -0.05) is 0 Å². The van der Waals surface area contributed by atoms with Crippen molar-refractivity contribution in [3.63, 3.8) is 0 Å². The quantitative estimate of drug-likeness (QED) is 0.533. The molecule has 4 nitrogen and oxygen atoms in total. The molecule has 1 rings (SSSR count). The van der Waals surface area contributed by atoms with Gasteiger partial charge in [0.15, 0.2) is 0 Å². The standard InChI is InChI=1S/C14H25NO3/c15-8-2-1-3-9-16-10-5-11-17-13-7-14-6-4-12-18-14/h14H,1-7,9-13H2. The van der Waals surface area contributed by atoms with Crippen LogP contribution < -0.4 is 0 Å². The second-order valence-corrected chi connectivity index (χ2v) is 4.62. The van der Waals surface area contributed by atoms with Gasteiger partial charge in [0.1, 0.15) is 0 Å². The SMILES string of the molecule is N#CCCCCOCCCOCCC1CCCO1. The van der Waals surface area contributed by atoms with Crippen molar-refractivity contribution >= 4 is 0 Å². The highest BCUT2D eigenvalue weighted by Crippen LogP contribution is 2.14. The Bertz CT molecular complexity index is 222. The minimum Gasteiger partial charge on any atom is -0.381 e. The molecule has 1 aliphatic heterocycles. The van der Waals surface area contributed by atoms with Gasteiger partial charge in [0.05, 0.1) is 12.2 Å². The van der Waals surface area contributed by atoms with Crippen molar-refractivity contribution < 1.29 is 14.2 Å². The summed E-state index contributed by atoms with van der Waals surface area (Å²) in [6.07, 6.45) is 7.34. The Labute approximate surface area is 110 Å². The highest BCUT2D eigenvalue weighted by atomic mass is 16.5. The number of unbranched alkanes of at least 4 members (excludes halogenated alkanes) is 2. The molecule has 0 spiro atoms. The molecule has 4 heteroatoms. The van der Waals surface area contributed by atoms with Gasteiger partial charge in [0.25, 0.3) is 0 Å². The topological polar surface area (TPSA) is 51.5 Å².